The van der Waals surface area contributed by atoms with Crippen molar-refractivity contribution in [3.8, 4) is 0 Å². The Bertz CT molecular complexity index is 1360. The summed E-state index contributed by atoms with van der Waals surface area (Å²) in [6.07, 6.45) is 0.479. The molecule has 0 spiro atoms. The summed E-state index contributed by atoms with van der Waals surface area (Å²) in [5.74, 6) is -1.63. The molecule has 4 rings (SSSR count). The summed E-state index contributed by atoms with van der Waals surface area (Å²) in [5, 5.41) is 2.73. The summed E-state index contributed by atoms with van der Waals surface area (Å²) in [6, 6.07) is 24.4. The van der Waals surface area contributed by atoms with Crippen LogP contribution in [0.15, 0.2) is 84.9 Å². The fraction of sp³-hybridized carbons (Fsp3) is 0.250. The highest BCUT2D eigenvalue weighted by Crippen LogP contribution is 2.21. The fourth-order valence-electron chi connectivity index (χ4n) is 4.26. The number of nitrogens with one attached hydrogen (secondary N) is 1. The Kier molecular flexibility index (Phi) is 8.35. The second kappa shape index (κ2) is 11.8. The first-order chi connectivity index (χ1) is 17.8. The highest BCUT2D eigenvalue weighted by atomic mass is 32.2. The van der Waals surface area contributed by atoms with E-state index in [2.05, 4.69) is 5.32 Å². The van der Waals surface area contributed by atoms with Crippen molar-refractivity contribution in [2.45, 2.75) is 25.4 Å². The molecule has 37 heavy (non-hydrogen) atoms. The minimum atomic E-state index is -3.22. The van der Waals surface area contributed by atoms with Crippen molar-refractivity contribution in [3.05, 3.63) is 102 Å². The average Bonchev–Trinajstić information content (AvgIpc) is 3.26. The molecule has 0 saturated carbocycles. The van der Waals surface area contributed by atoms with E-state index in [1.807, 2.05) is 60.7 Å². The van der Waals surface area contributed by atoms with Gasteiger partial charge in [0.15, 0.2) is 16.4 Å². The van der Waals surface area contributed by atoms with Gasteiger partial charge in [0.05, 0.1) is 29.2 Å². The molecule has 0 bridgehead atoms. The fourth-order valence-corrected chi connectivity index (χ4v) is 5.99. The van der Waals surface area contributed by atoms with E-state index in [1.54, 1.807) is 18.2 Å². The molecular weight excluding hydrogens is 492 g/mol. The average molecular weight is 521 g/mol. The molecule has 8 nitrogen and oxygen atoms in total. The topological polar surface area (TPSA) is 110 Å². The third-order valence-corrected chi connectivity index (χ3v) is 7.87. The molecule has 3 aromatic rings. The summed E-state index contributed by atoms with van der Waals surface area (Å²) in [6.45, 7) is -0.335. The first-order valence-electron chi connectivity index (χ1n) is 11.9. The standard InChI is InChI=1S/C28H28N2O6S/c31-26(17-21-9-3-1-4-10-21)29-25-14-8-7-13-24(25)28(33)36-19-27(32)30(18-22-11-5-2-6-12-22)23-15-16-37(34,35)20-23/h1-14,23H,15-20H2,(H,29,31)/t23-/m1/s1. The highest BCUT2D eigenvalue weighted by Gasteiger charge is 2.35. The molecule has 1 aliphatic rings. The quantitative estimate of drug-likeness (QED) is 0.434. The first kappa shape index (κ1) is 26.1. The Morgan fingerprint density at radius 3 is 2.14 bits per heavy atom. The molecule has 1 N–H and O–H groups in total. The maximum atomic E-state index is 13.1. The molecule has 1 heterocycles. The Balaban J connectivity index is 1.42. The second-order valence-electron chi connectivity index (χ2n) is 8.90. The van der Waals surface area contributed by atoms with Gasteiger partial charge in [-0.05, 0) is 29.7 Å². The number of amides is 2. The third-order valence-electron chi connectivity index (χ3n) is 6.12. The molecule has 3 aromatic carbocycles. The van der Waals surface area contributed by atoms with E-state index < -0.39 is 34.4 Å². The van der Waals surface area contributed by atoms with Gasteiger partial charge in [0.1, 0.15) is 0 Å². The van der Waals surface area contributed by atoms with Crippen LogP contribution in [0, 0.1) is 0 Å². The van der Waals surface area contributed by atoms with Crippen molar-refractivity contribution < 1.29 is 27.5 Å². The zero-order valence-electron chi connectivity index (χ0n) is 20.2. The van der Waals surface area contributed by atoms with Crippen LogP contribution in [0.2, 0.25) is 0 Å². The largest absolute Gasteiger partial charge is 0.452 e. The smallest absolute Gasteiger partial charge is 0.340 e. The van der Waals surface area contributed by atoms with Gasteiger partial charge in [-0.2, -0.15) is 0 Å². The summed E-state index contributed by atoms with van der Waals surface area (Å²) in [4.78, 5) is 40.0. The molecule has 0 radical (unpaired) electrons. The Labute approximate surface area is 216 Å². The third kappa shape index (κ3) is 7.27. The minimum Gasteiger partial charge on any atom is -0.452 e. The van der Waals surface area contributed by atoms with Crippen LogP contribution in [-0.4, -0.2) is 55.3 Å². The van der Waals surface area contributed by atoms with E-state index >= 15 is 0 Å². The van der Waals surface area contributed by atoms with Gasteiger partial charge in [-0.25, -0.2) is 13.2 Å². The molecule has 2 amide bonds. The maximum absolute atomic E-state index is 13.1. The van der Waals surface area contributed by atoms with Crippen LogP contribution in [-0.2, 0) is 37.1 Å². The Hall–Kier alpha value is -3.98. The molecule has 9 heteroatoms. The van der Waals surface area contributed by atoms with E-state index in [4.69, 9.17) is 4.74 Å². The lowest BCUT2D eigenvalue weighted by molar-refractivity contribution is -0.137. The Morgan fingerprint density at radius 1 is 0.865 bits per heavy atom. The molecule has 0 aromatic heterocycles. The van der Waals surface area contributed by atoms with E-state index in [0.29, 0.717) is 6.42 Å². The number of benzene rings is 3. The van der Waals surface area contributed by atoms with Gasteiger partial charge >= 0.3 is 5.97 Å². The van der Waals surface area contributed by atoms with Crippen LogP contribution in [0.3, 0.4) is 0 Å². The molecule has 192 valence electrons. The molecular formula is C28H28N2O6S. The SMILES string of the molecule is O=C(Cc1ccccc1)Nc1ccccc1C(=O)OCC(=O)N(Cc1ccccc1)[C@@H]1CCS(=O)(=O)C1. The lowest BCUT2D eigenvalue weighted by atomic mass is 10.1. The Morgan fingerprint density at radius 2 is 1.49 bits per heavy atom. The predicted octanol–water partition coefficient (Wildman–Crippen LogP) is 3.24. The number of nitrogens with zero attached hydrogens (tertiary/aromatic N) is 1. The summed E-state index contributed by atoms with van der Waals surface area (Å²) >= 11 is 0. The number of sulfone groups is 1. The van der Waals surface area contributed by atoms with Gasteiger partial charge < -0.3 is 15.0 Å². The van der Waals surface area contributed by atoms with E-state index in [0.717, 1.165) is 11.1 Å². The van der Waals surface area contributed by atoms with Crippen LogP contribution in [0.25, 0.3) is 0 Å². The molecule has 0 unspecified atom stereocenters. The van der Waals surface area contributed by atoms with Crippen molar-refractivity contribution in [2.24, 2.45) is 0 Å². The van der Waals surface area contributed by atoms with E-state index in [9.17, 15) is 22.8 Å². The van der Waals surface area contributed by atoms with E-state index in [-0.39, 0.29) is 41.6 Å². The number of ether oxygens (including phenoxy) is 1. The number of hydrogen-bond acceptors (Lipinski definition) is 6. The lowest BCUT2D eigenvalue weighted by Gasteiger charge is -2.28. The van der Waals surface area contributed by atoms with Crippen LogP contribution >= 0.6 is 0 Å². The predicted molar refractivity (Wildman–Crippen MR) is 140 cm³/mol. The number of anilines is 1. The van der Waals surface area contributed by atoms with Crippen molar-refractivity contribution in [2.75, 3.05) is 23.4 Å². The summed E-state index contributed by atoms with van der Waals surface area (Å²) in [7, 11) is -3.22. The summed E-state index contributed by atoms with van der Waals surface area (Å²) in [5.41, 5.74) is 2.08. The van der Waals surface area contributed by atoms with Crippen molar-refractivity contribution in [1.82, 2.24) is 4.90 Å². The van der Waals surface area contributed by atoms with Gasteiger partial charge in [0.2, 0.25) is 5.91 Å². The number of hydrogen-bond donors (Lipinski definition) is 1. The monoisotopic (exact) mass is 520 g/mol. The van der Waals surface area contributed by atoms with Crippen molar-refractivity contribution in [3.63, 3.8) is 0 Å². The van der Waals surface area contributed by atoms with Crippen LogP contribution < -0.4 is 5.32 Å². The van der Waals surface area contributed by atoms with Gasteiger partial charge in [0.25, 0.3) is 5.91 Å². The minimum absolute atomic E-state index is 0.0199. The second-order valence-corrected chi connectivity index (χ2v) is 11.1. The summed E-state index contributed by atoms with van der Waals surface area (Å²) < 4.78 is 29.4. The van der Waals surface area contributed by atoms with Crippen LogP contribution in [0.1, 0.15) is 27.9 Å². The number of esters is 1. The molecule has 0 aliphatic carbocycles. The number of carbonyl (C=O) groups excluding carboxylic acids is 3. The normalized spacial score (nSPS) is 16.1. The molecule has 1 saturated heterocycles. The molecule has 1 aliphatic heterocycles. The van der Waals surface area contributed by atoms with Gasteiger partial charge in [-0.15, -0.1) is 0 Å². The lowest BCUT2D eigenvalue weighted by Crippen LogP contribution is -2.42. The van der Waals surface area contributed by atoms with Crippen LogP contribution in [0.4, 0.5) is 5.69 Å². The van der Waals surface area contributed by atoms with Crippen LogP contribution in [0.5, 0.6) is 0 Å². The van der Waals surface area contributed by atoms with Gasteiger partial charge in [-0.3, -0.25) is 9.59 Å². The van der Waals surface area contributed by atoms with Gasteiger partial charge in [0, 0.05) is 12.6 Å². The highest BCUT2D eigenvalue weighted by molar-refractivity contribution is 7.91. The molecule has 1 fully saturated rings. The maximum Gasteiger partial charge on any atom is 0.340 e. The zero-order valence-corrected chi connectivity index (χ0v) is 21.0. The number of rotatable bonds is 9. The molecule has 1 atom stereocenters. The van der Waals surface area contributed by atoms with Crippen molar-refractivity contribution in [1.29, 1.82) is 0 Å². The first-order valence-corrected chi connectivity index (χ1v) is 13.8. The number of para-hydroxylation sites is 1. The van der Waals surface area contributed by atoms with Crippen molar-refractivity contribution >= 4 is 33.3 Å². The number of carbonyl (C=O) groups is 3. The van der Waals surface area contributed by atoms with Gasteiger partial charge in [-0.1, -0.05) is 72.8 Å². The van der Waals surface area contributed by atoms with E-state index in [1.165, 1.54) is 11.0 Å². The zero-order chi connectivity index (χ0) is 26.3.